The Bertz CT molecular complexity index is 872. The predicted octanol–water partition coefficient (Wildman–Crippen LogP) is 3.60. The second-order valence-corrected chi connectivity index (χ2v) is 5.95. The van der Waals surface area contributed by atoms with E-state index in [9.17, 15) is 19.1 Å². The van der Waals surface area contributed by atoms with Crippen LogP contribution in [0.15, 0.2) is 59.9 Å². The second kappa shape index (κ2) is 7.00. The third kappa shape index (κ3) is 3.06. The highest BCUT2D eigenvalue weighted by molar-refractivity contribution is 6.15. The predicted molar refractivity (Wildman–Crippen MR) is 94.1 cm³/mol. The summed E-state index contributed by atoms with van der Waals surface area (Å²) in [5.41, 5.74) is 1.86. The van der Waals surface area contributed by atoms with Gasteiger partial charge in [0.25, 0.3) is 5.91 Å². The summed E-state index contributed by atoms with van der Waals surface area (Å²) in [5, 5.41) is 10.3. The molecule has 0 fully saturated rings. The molecule has 0 bridgehead atoms. The van der Waals surface area contributed by atoms with E-state index in [-0.39, 0.29) is 12.2 Å². The summed E-state index contributed by atoms with van der Waals surface area (Å²) < 4.78 is 18.3. The maximum absolute atomic E-state index is 13.3. The quantitative estimate of drug-likeness (QED) is 0.851. The van der Waals surface area contributed by atoms with Crippen molar-refractivity contribution in [2.24, 2.45) is 0 Å². The van der Waals surface area contributed by atoms with E-state index in [1.807, 2.05) is 19.1 Å². The fourth-order valence-electron chi connectivity index (χ4n) is 2.95. The number of rotatable bonds is 4. The molecule has 6 heteroatoms. The number of halogens is 1. The highest BCUT2D eigenvalue weighted by Gasteiger charge is 2.45. The van der Waals surface area contributed by atoms with Gasteiger partial charge < -0.3 is 9.84 Å². The van der Waals surface area contributed by atoms with E-state index >= 15 is 0 Å². The third-order valence-corrected chi connectivity index (χ3v) is 4.20. The summed E-state index contributed by atoms with van der Waals surface area (Å²) in [7, 11) is 0. The number of anilines is 1. The van der Waals surface area contributed by atoms with E-state index in [0.717, 1.165) is 5.56 Å². The zero-order chi connectivity index (χ0) is 18.8. The van der Waals surface area contributed by atoms with E-state index in [0.29, 0.717) is 11.3 Å². The van der Waals surface area contributed by atoms with Crippen LogP contribution in [0.25, 0.3) is 0 Å². The van der Waals surface area contributed by atoms with Crippen LogP contribution in [0.3, 0.4) is 0 Å². The smallest absolute Gasteiger partial charge is 0.340 e. The van der Waals surface area contributed by atoms with Gasteiger partial charge in [-0.2, -0.15) is 0 Å². The Balaban J connectivity index is 2.14. The van der Waals surface area contributed by atoms with Crippen molar-refractivity contribution >= 4 is 17.6 Å². The minimum atomic E-state index is -0.898. The van der Waals surface area contributed by atoms with Crippen molar-refractivity contribution in [1.29, 1.82) is 0 Å². The Morgan fingerprint density at radius 3 is 2.35 bits per heavy atom. The number of carbonyl (C=O) groups excluding carboxylic acids is 2. The molecule has 0 saturated carbocycles. The van der Waals surface area contributed by atoms with Crippen molar-refractivity contribution in [3.05, 3.63) is 76.8 Å². The first-order valence-corrected chi connectivity index (χ1v) is 8.20. The molecule has 1 amide bonds. The number of aliphatic hydroxyl groups excluding tert-OH is 1. The van der Waals surface area contributed by atoms with Crippen molar-refractivity contribution in [2.75, 3.05) is 11.5 Å². The Hall–Kier alpha value is -3.15. The van der Waals surface area contributed by atoms with E-state index in [1.54, 1.807) is 19.1 Å². The van der Waals surface area contributed by atoms with Crippen molar-refractivity contribution in [3.63, 3.8) is 0 Å². The van der Waals surface area contributed by atoms with Crippen molar-refractivity contribution in [2.45, 2.75) is 19.9 Å². The van der Waals surface area contributed by atoms with Gasteiger partial charge in [-0.1, -0.05) is 29.8 Å². The zero-order valence-corrected chi connectivity index (χ0v) is 14.4. The van der Waals surface area contributed by atoms with Crippen LogP contribution in [0, 0.1) is 12.7 Å². The molecule has 2 aromatic carbocycles. The monoisotopic (exact) mass is 355 g/mol. The molecule has 0 spiro atoms. The Morgan fingerprint density at radius 2 is 1.77 bits per heavy atom. The molecule has 3 rings (SSSR count). The number of carbonyl (C=O) groups is 2. The lowest BCUT2D eigenvalue weighted by Gasteiger charge is -2.26. The van der Waals surface area contributed by atoms with E-state index in [4.69, 9.17) is 4.74 Å². The molecule has 0 radical (unpaired) electrons. The molecule has 2 aromatic rings. The van der Waals surface area contributed by atoms with Crippen LogP contribution in [-0.4, -0.2) is 23.6 Å². The van der Waals surface area contributed by atoms with Gasteiger partial charge in [-0.25, -0.2) is 9.18 Å². The molecule has 1 aliphatic heterocycles. The first-order valence-electron chi connectivity index (χ1n) is 8.20. The molecule has 0 aromatic heterocycles. The van der Waals surface area contributed by atoms with Gasteiger partial charge in [0, 0.05) is 5.69 Å². The molecule has 0 saturated heterocycles. The molecule has 0 unspecified atom stereocenters. The number of aryl methyl sites for hydroxylation is 1. The summed E-state index contributed by atoms with van der Waals surface area (Å²) in [6.45, 7) is 3.65. The summed E-state index contributed by atoms with van der Waals surface area (Å²) in [6, 6.07) is 11.6. The van der Waals surface area contributed by atoms with E-state index in [1.165, 1.54) is 29.2 Å². The summed E-state index contributed by atoms with van der Waals surface area (Å²) in [6.07, 6.45) is 0. The number of amides is 1. The van der Waals surface area contributed by atoms with Crippen LogP contribution in [0.1, 0.15) is 24.1 Å². The average Bonchev–Trinajstić information content (AvgIpc) is 2.88. The van der Waals surface area contributed by atoms with Crippen LogP contribution in [0.5, 0.6) is 0 Å². The normalized spacial score (nSPS) is 17.0. The fourth-order valence-corrected chi connectivity index (χ4v) is 2.95. The molecular formula is C20H18FNO4. The minimum Gasteiger partial charge on any atom is -0.503 e. The van der Waals surface area contributed by atoms with Crippen LogP contribution < -0.4 is 4.90 Å². The SMILES string of the molecule is CCOC(=O)C1=C(O)C(=O)N(c2ccc(C)cc2)[C@@H]1c1ccc(F)cc1. The Kier molecular flexibility index (Phi) is 4.75. The first kappa shape index (κ1) is 17.7. The number of aliphatic hydroxyl groups is 1. The van der Waals surface area contributed by atoms with Crippen LogP contribution in [0.2, 0.25) is 0 Å². The molecular weight excluding hydrogens is 337 g/mol. The Morgan fingerprint density at radius 1 is 1.15 bits per heavy atom. The number of hydrogen-bond donors (Lipinski definition) is 1. The van der Waals surface area contributed by atoms with Crippen molar-refractivity contribution in [3.8, 4) is 0 Å². The second-order valence-electron chi connectivity index (χ2n) is 5.95. The molecule has 1 aliphatic rings. The molecule has 26 heavy (non-hydrogen) atoms. The molecule has 1 atom stereocenters. The maximum Gasteiger partial charge on any atom is 0.340 e. The lowest BCUT2D eigenvalue weighted by molar-refractivity contribution is -0.139. The molecule has 134 valence electrons. The van der Waals surface area contributed by atoms with Crippen molar-refractivity contribution in [1.82, 2.24) is 0 Å². The highest BCUT2D eigenvalue weighted by atomic mass is 19.1. The van der Waals surface area contributed by atoms with Gasteiger partial charge in [-0.3, -0.25) is 9.69 Å². The summed E-state index contributed by atoms with van der Waals surface area (Å²) >= 11 is 0. The average molecular weight is 355 g/mol. The van der Waals surface area contributed by atoms with Gasteiger partial charge in [0.1, 0.15) is 11.4 Å². The third-order valence-electron chi connectivity index (χ3n) is 4.20. The lowest BCUT2D eigenvalue weighted by atomic mass is 9.98. The van der Waals surface area contributed by atoms with E-state index < -0.39 is 29.5 Å². The number of benzene rings is 2. The minimum absolute atomic E-state index is 0.102. The van der Waals surface area contributed by atoms with Crippen LogP contribution in [0.4, 0.5) is 10.1 Å². The van der Waals surface area contributed by atoms with Gasteiger partial charge >= 0.3 is 5.97 Å². The largest absolute Gasteiger partial charge is 0.503 e. The summed E-state index contributed by atoms with van der Waals surface area (Å²) in [4.78, 5) is 26.4. The molecule has 5 nitrogen and oxygen atoms in total. The standard InChI is InChI=1S/C20H18FNO4/c1-3-26-20(25)16-17(13-6-8-14(21)9-7-13)22(19(24)18(16)23)15-10-4-12(2)5-11-15/h4-11,17,23H,3H2,1-2H3/t17-/m1/s1. The summed E-state index contributed by atoms with van der Waals surface area (Å²) in [5.74, 6) is -2.57. The van der Waals surface area contributed by atoms with E-state index in [2.05, 4.69) is 0 Å². The fraction of sp³-hybridized carbons (Fsp3) is 0.200. The topological polar surface area (TPSA) is 66.8 Å². The number of esters is 1. The zero-order valence-electron chi connectivity index (χ0n) is 14.4. The lowest BCUT2D eigenvalue weighted by Crippen LogP contribution is -2.31. The van der Waals surface area contributed by atoms with Gasteiger partial charge in [-0.15, -0.1) is 0 Å². The van der Waals surface area contributed by atoms with Crippen LogP contribution >= 0.6 is 0 Å². The van der Waals surface area contributed by atoms with Gasteiger partial charge in [0.15, 0.2) is 5.76 Å². The Labute approximate surface area is 150 Å². The molecule has 0 aliphatic carbocycles. The van der Waals surface area contributed by atoms with Crippen LogP contribution in [-0.2, 0) is 14.3 Å². The van der Waals surface area contributed by atoms with Gasteiger partial charge in [-0.05, 0) is 43.7 Å². The maximum atomic E-state index is 13.3. The number of nitrogens with zero attached hydrogens (tertiary/aromatic N) is 1. The van der Waals surface area contributed by atoms with Gasteiger partial charge in [0.05, 0.1) is 12.6 Å². The molecule has 1 N–H and O–H groups in total. The highest BCUT2D eigenvalue weighted by Crippen LogP contribution is 2.41. The van der Waals surface area contributed by atoms with Crippen molar-refractivity contribution < 1.29 is 23.8 Å². The first-order chi connectivity index (χ1) is 12.4. The van der Waals surface area contributed by atoms with Gasteiger partial charge in [0.2, 0.25) is 0 Å². The number of ether oxygens (including phenoxy) is 1. The molecule has 1 heterocycles. The number of hydrogen-bond acceptors (Lipinski definition) is 4.